The minimum Gasteiger partial charge on any atom is -0.351 e. The third kappa shape index (κ3) is 3.59. The molecule has 116 valence electrons. The predicted molar refractivity (Wildman–Crippen MR) is 83.5 cm³/mol. The lowest BCUT2D eigenvalue weighted by atomic mass is 10.1. The van der Waals surface area contributed by atoms with Gasteiger partial charge < -0.3 is 9.88 Å². The number of rotatable bonds is 5. The van der Waals surface area contributed by atoms with Crippen LogP contribution in [0.3, 0.4) is 0 Å². The van der Waals surface area contributed by atoms with Crippen LogP contribution in [0.5, 0.6) is 0 Å². The summed E-state index contributed by atoms with van der Waals surface area (Å²) in [6.45, 7) is 7.94. The van der Waals surface area contributed by atoms with Crippen LogP contribution >= 0.6 is 11.8 Å². The first kappa shape index (κ1) is 14.9. The number of nitrogens with zero attached hydrogens (tertiary/aromatic N) is 3. The molecule has 1 N–H and O–H groups in total. The molecule has 6 heteroatoms. The van der Waals surface area contributed by atoms with Crippen LogP contribution in [0.2, 0.25) is 0 Å². The Kier molecular flexibility index (Phi) is 3.76. The SMILES string of the molecule is C[C@H](Sc1nnc(C2CC2)n1C1CC1)C(=O)NC(C)(C)C. The molecule has 1 aromatic rings. The van der Waals surface area contributed by atoms with Crippen LogP contribution in [0, 0.1) is 0 Å². The number of thioether (sulfide) groups is 1. The molecular formula is C15H24N4OS. The lowest BCUT2D eigenvalue weighted by Crippen LogP contribution is -2.44. The number of nitrogens with one attached hydrogen (secondary N) is 1. The van der Waals surface area contributed by atoms with Crippen molar-refractivity contribution >= 4 is 17.7 Å². The van der Waals surface area contributed by atoms with Gasteiger partial charge in [-0.1, -0.05) is 11.8 Å². The highest BCUT2D eigenvalue weighted by molar-refractivity contribution is 8.00. The second-order valence-electron chi connectivity index (χ2n) is 7.22. The van der Waals surface area contributed by atoms with E-state index in [-0.39, 0.29) is 16.7 Å². The largest absolute Gasteiger partial charge is 0.351 e. The Morgan fingerprint density at radius 1 is 1.29 bits per heavy atom. The van der Waals surface area contributed by atoms with E-state index < -0.39 is 0 Å². The van der Waals surface area contributed by atoms with Gasteiger partial charge >= 0.3 is 0 Å². The summed E-state index contributed by atoms with van der Waals surface area (Å²) in [5.41, 5.74) is -0.199. The van der Waals surface area contributed by atoms with Crippen molar-refractivity contribution < 1.29 is 4.79 Å². The molecule has 0 bridgehead atoms. The van der Waals surface area contributed by atoms with Gasteiger partial charge in [0.2, 0.25) is 5.91 Å². The van der Waals surface area contributed by atoms with Crippen molar-refractivity contribution in [3.8, 4) is 0 Å². The van der Waals surface area contributed by atoms with Crippen molar-refractivity contribution in [3.63, 3.8) is 0 Å². The van der Waals surface area contributed by atoms with Crippen LogP contribution in [0.1, 0.15) is 71.2 Å². The van der Waals surface area contributed by atoms with E-state index in [4.69, 9.17) is 0 Å². The van der Waals surface area contributed by atoms with Gasteiger partial charge in [0.25, 0.3) is 0 Å². The molecular weight excluding hydrogens is 284 g/mol. The van der Waals surface area contributed by atoms with E-state index >= 15 is 0 Å². The summed E-state index contributed by atoms with van der Waals surface area (Å²) in [4.78, 5) is 12.2. The van der Waals surface area contributed by atoms with Crippen molar-refractivity contribution in [1.82, 2.24) is 20.1 Å². The van der Waals surface area contributed by atoms with Gasteiger partial charge in [0, 0.05) is 17.5 Å². The molecule has 0 aromatic carbocycles. The van der Waals surface area contributed by atoms with Gasteiger partial charge in [-0.25, -0.2) is 0 Å². The second-order valence-corrected chi connectivity index (χ2v) is 8.52. The van der Waals surface area contributed by atoms with E-state index in [0.717, 1.165) is 11.0 Å². The molecule has 2 fully saturated rings. The minimum absolute atomic E-state index is 0.0609. The van der Waals surface area contributed by atoms with E-state index in [0.29, 0.717) is 12.0 Å². The molecule has 2 saturated carbocycles. The molecule has 1 amide bonds. The van der Waals surface area contributed by atoms with E-state index in [9.17, 15) is 4.79 Å². The summed E-state index contributed by atoms with van der Waals surface area (Å²) in [5, 5.41) is 12.5. The molecule has 0 saturated heterocycles. The fourth-order valence-corrected chi connectivity index (χ4v) is 3.27. The molecule has 3 rings (SSSR count). The normalized spacial score (nSPS) is 20.4. The average Bonchev–Trinajstić information content (AvgIpc) is 3.27. The molecule has 0 aliphatic heterocycles. The zero-order valence-electron chi connectivity index (χ0n) is 13.2. The first-order chi connectivity index (χ1) is 9.85. The number of hydrogen-bond donors (Lipinski definition) is 1. The molecule has 2 aliphatic carbocycles. The van der Waals surface area contributed by atoms with Crippen LogP contribution in [0.25, 0.3) is 0 Å². The first-order valence-electron chi connectivity index (χ1n) is 7.78. The maximum atomic E-state index is 12.2. The molecule has 1 heterocycles. The number of aromatic nitrogens is 3. The Bertz CT molecular complexity index is 540. The average molecular weight is 308 g/mol. The Labute approximate surface area is 130 Å². The molecule has 1 aromatic heterocycles. The molecule has 0 radical (unpaired) electrons. The highest BCUT2D eigenvalue weighted by Gasteiger charge is 2.37. The van der Waals surface area contributed by atoms with E-state index in [1.54, 1.807) is 0 Å². The second kappa shape index (κ2) is 5.30. The summed E-state index contributed by atoms with van der Waals surface area (Å²) < 4.78 is 2.29. The molecule has 2 aliphatic rings. The van der Waals surface area contributed by atoms with Gasteiger partial charge in [0.15, 0.2) is 5.16 Å². The first-order valence-corrected chi connectivity index (χ1v) is 8.66. The van der Waals surface area contributed by atoms with Crippen molar-refractivity contribution in [2.75, 3.05) is 0 Å². The fourth-order valence-electron chi connectivity index (χ4n) is 2.35. The summed E-state index contributed by atoms with van der Waals surface area (Å²) in [5.74, 6) is 1.81. The molecule has 0 unspecified atom stereocenters. The monoisotopic (exact) mass is 308 g/mol. The topological polar surface area (TPSA) is 59.8 Å². The maximum Gasteiger partial charge on any atom is 0.233 e. The van der Waals surface area contributed by atoms with Crippen LogP contribution in [-0.4, -0.2) is 31.5 Å². The van der Waals surface area contributed by atoms with Crippen LogP contribution in [0.15, 0.2) is 5.16 Å². The Balaban J connectivity index is 1.71. The van der Waals surface area contributed by atoms with E-state index in [1.165, 1.54) is 37.4 Å². The van der Waals surface area contributed by atoms with Gasteiger partial charge in [-0.3, -0.25) is 4.79 Å². The van der Waals surface area contributed by atoms with Crippen molar-refractivity contribution in [2.24, 2.45) is 0 Å². The molecule has 0 spiro atoms. The molecule has 1 atom stereocenters. The summed E-state index contributed by atoms with van der Waals surface area (Å²) in [6.07, 6.45) is 4.90. The number of carbonyl (C=O) groups is 1. The van der Waals surface area contributed by atoms with Gasteiger partial charge in [0.05, 0.1) is 5.25 Å². The fraction of sp³-hybridized carbons (Fsp3) is 0.800. The lowest BCUT2D eigenvalue weighted by molar-refractivity contribution is -0.121. The number of amides is 1. The standard InChI is InChI=1S/C15H24N4OS/c1-9(13(20)16-15(2,3)4)21-14-18-17-12(10-5-6-10)19(14)11-7-8-11/h9-11H,5-8H2,1-4H3,(H,16,20)/t9-/m0/s1. The Morgan fingerprint density at radius 3 is 2.48 bits per heavy atom. The predicted octanol–water partition coefficient (Wildman–Crippen LogP) is 2.89. The third-order valence-corrected chi connectivity index (χ3v) is 4.75. The Hall–Kier alpha value is -1.04. The third-order valence-electron chi connectivity index (χ3n) is 3.70. The Morgan fingerprint density at radius 2 is 1.95 bits per heavy atom. The highest BCUT2D eigenvalue weighted by atomic mass is 32.2. The lowest BCUT2D eigenvalue weighted by Gasteiger charge is -2.23. The smallest absolute Gasteiger partial charge is 0.233 e. The van der Waals surface area contributed by atoms with Crippen molar-refractivity contribution in [2.45, 2.75) is 81.3 Å². The van der Waals surface area contributed by atoms with E-state index in [2.05, 4.69) is 20.1 Å². The minimum atomic E-state index is -0.199. The van der Waals surface area contributed by atoms with E-state index in [1.807, 2.05) is 27.7 Å². The quantitative estimate of drug-likeness (QED) is 0.850. The highest BCUT2D eigenvalue weighted by Crippen LogP contribution is 2.46. The van der Waals surface area contributed by atoms with Gasteiger partial charge in [-0.05, 0) is 53.4 Å². The summed E-state index contributed by atoms with van der Waals surface area (Å²) >= 11 is 1.53. The zero-order valence-corrected chi connectivity index (χ0v) is 14.0. The van der Waals surface area contributed by atoms with Crippen LogP contribution < -0.4 is 5.32 Å². The van der Waals surface area contributed by atoms with Crippen molar-refractivity contribution in [1.29, 1.82) is 0 Å². The number of carbonyl (C=O) groups excluding carboxylic acids is 1. The number of hydrogen-bond acceptors (Lipinski definition) is 4. The van der Waals surface area contributed by atoms with Crippen LogP contribution in [-0.2, 0) is 4.79 Å². The van der Waals surface area contributed by atoms with Gasteiger partial charge in [0.1, 0.15) is 5.82 Å². The zero-order chi connectivity index (χ0) is 15.2. The van der Waals surface area contributed by atoms with Crippen LogP contribution in [0.4, 0.5) is 0 Å². The maximum absolute atomic E-state index is 12.2. The summed E-state index contributed by atoms with van der Waals surface area (Å²) in [6, 6.07) is 0.566. The molecule has 21 heavy (non-hydrogen) atoms. The van der Waals surface area contributed by atoms with Gasteiger partial charge in [-0.2, -0.15) is 0 Å². The van der Waals surface area contributed by atoms with Gasteiger partial charge in [-0.15, -0.1) is 10.2 Å². The summed E-state index contributed by atoms with van der Waals surface area (Å²) in [7, 11) is 0. The van der Waals surface area contributed by atoms with Crippen molar-refractivity contribution in [3.05, 3.63) is 5.82 Å². The molecule has 5 nitrogen and oxygen atoms in total.